The fourth-order valence-corrected chi connectivity index (χ4v) is 1.83. The number of rotatable bonds is 12. The van der Waals surface area contributed by atoms with Crippen LogP contribution in [0.3, 0.4) is 0 Å². The van der Waals surface area contributed by atoms with Gasteiger partial charge in [-0.05, 0) is 25.2 Å². The summed E-state index contributed by atoms with van der Waals surface area (Å²) in [4.78, 5) is 0. The first kappa shape index (κ1) is 17.3. The average molecular weight is 255 g/mol. The maximum atomic E-state index is 5.50. The quantitative estimate of drug-likeness (QED) is 0.283. The second kappa shape index (κ2) is 12.7. The van der Waals surface area contributed by atoms with Gasteiger partial charge >= 0.3 is 0 Å². The Kier molecular flexibility index (Phi) is 12.3. The summed E-state index contributed by atoms with van der Waals surface area (Å²) in [6.07, 6.45) is 12.3. The zero-order valence-electron chi connectivity index (χ0n) is 12.6. The summed E-state index contributed by atoms with van der Waals surface area (Å²) in [5.41, 5.74) is 3.88. The van der Waals surface area contributed by atoms with Gasteiger partial charge in [0.2, 0.25) is 0 Å². The Balaban J connectivity index is 3.46. The maximum Gasteiger partial charge on any atom is 0.0415 e. The lowest BCUT2D eigenvalue weighted by molar-refractivity contribution is 0.564. The van der Waals surface area contributed by atoms with Crippen LogP contribution in [0.5, 0.6) is 0 Å². The molecule has 0 aliphatic rings. The van der Waals surface area contributed by atoms with Gasteiger partial charge in [0, 0.05) is 18.4 Å². The number of allylic oxidation sites excluding steroid dienone is 1. The zero-order chi connectivity index (χ0) is 13.6. The van der Waals surface area contributed by atoms with E-state index in [9.17, 15) is 0 Å². The topological polar surface area (TPSA) is 50.1 Å². The Bertz CT molecular complexity index is 200. The van der Waals surface area contributed by atoms with Gasteiger partial charge in [0.05, 0.1) is 0 Å². The molecule has 108 valence electrons. The molecular formula is C15H33N3. The van der Waals surface area contributed by atoms with Crippen LogP contribution in [0.15, 0.2) is 11.9 Å². The predicted molar refractivity (Wildman–Crippen MR) is 80.9 cm³/mol. The molecule has 0 radical (unpaired) electrons. The highest BCUT2D eigenvalue weighted by Crippen LogP contribution is 2.08. The molecule has 4 N–H and O–H groups in total. The third-order valence-electron chi connectivity index (χ3n) is 3.13. The van der Waals surface area contributed by atoms with Gasteiger partial charge in [0.1, 0.15) is 0 Å². The number of nitrogens with two attached hydrogens (primary N) is 1. The third-order valence-corrected chi connectivity index (χ3v) is 3.13. The standard InChI is InChI=1S/C15H33N3/c1-4-5-6-7-8-9-12-17-13-15(18-16)11-10-14(2)3/h13-14,17-18H,4-12,16H2,1-3H3/b15-13-. The molecule has 0 aromatic rings. The minimum absolute atomic E-state index is 0.723. The van der Waals surface area contributed by atoms with Crippen LogP contribution in [0.1, 0.15) is 72.1 Å². The van der Waals surface area contributed by atoms with Crippen LogP contribution in [-0.2, 0) is 0 Å². The first-order valence-electron chi connectivity index (χ1n) is 7.59. The fourth-order valence-electron chi connectivity index (χ4n) is 1.83. The van der Waals surface area contributed by atoms with Gasteiger partial charge in [-0.3, -0.25) is 5.84 Å². The molecule has 0 spiro atoms. The number of hydrogen-bond donors (Lipinski definition) is 3. The van der Waals surface area contributed by atoms with Crippen molar-refractivity contribution in [1.82, 2.24) is 10.7 Å². The number of hydrogen-bond acceptors (Lipinski definition) is 3. The van der Waals surface area contributed by atoms with E-state index in [1.54, 1.807) is 0 Å². The van der Waals surface area contributed by atoms with Crippen LogP contribution in [0.4, 0.5) is 0 Å². The molecule has 18 heavy (non-hydrogen) atoms. The first-order chi connectivity index (χ1) is 8.70. The average Bonchev–Trinajstić information content (AvgIpc) is 2.36. The lowest BCUT2D eigenvalue weighted by Crippen LogP contribution is -2.24. The number of nitrogens with one attached hydrogen (secondary N) is 2. The Morgan fingerprint density at radius 2 is 1.78 bits per heavy atom. The molecule has 0 bridgehead atoms. The molecule has 0 rings (SSSR count). The smallest absolute Gasteiger partial charge is 0.0415 e. The van der Waals surface area contributed by atoms with E-state index < -0.39 is 0 Å². The molecule has 0 amide bonds. The van der Waals surface area contributed by atoms with Crippen molar-refractivity contribution in [1.29, 1.82) is 0 Å². The molecule has 0 unspecified atom stereocenters. The minimum Gasteiger partial charge on any atom is -0.389 e. The molecule has 0 fully saturated rings. The van der Waals surface area contributed by atoms with Gasteiger partial charge in [-0.1, -0.05) is 52.9 Å². The molecular weight excluding hydrogens is 222 g/mol. The van der Waals surface area contributed by atoms with E-state index in [1.807, 2.05) is 6.20 Å². The SMILES string of the molecule is CCCCCCCCN/C=C(/CCC(C)C)NN. The van der Waals surface area contributed by atoms with Crippen molar-refractivity contribution in [3.63, 3.8) is 0 Å². The van der Waals surface area contributed by atoms with Gasteiger partial charge < -0.3 is 10.7 Å². The van der Waals surface area contributed by atoms with Crippen molar-refractivity contribution in [2.75, 3.05) is 6.54 Å². The largest absolute Gasteiger partial charge is 0.389 e. The molecule has 0 saturated heterocycles. The van der Waals surface area contributed by atoms with Crippen LogP contribution in [0, 0.1) is 5.92 Å². The molecule has 0 atom stereocenters. The van der Waals surface area contributed by atoms with Gasteiger partial charge in [0.25, 0.3) is 0 Å². The van der Waals surface area contributed by atoms with Gasteiger partial charge in [-0.2, -0.15) is 0 Å². The van der Waals surface area contributed by atoms with Crippen LogP contribution in [-0.4, -0.2) is 6.54 Å². The minimum atomic E-state index is 0.723. The van der Waals surface area contributed by atoms with Crippen molar-refractivity contribution >= 4 is 0 Å². The van der Waals surface area contributed by atoms with E-state index in [0.29, 0.717) is 0 Å². The molecule has 0 aromatic heterocycles. The van der Waals surface area contributed by atoms with Crippen LogP contribution in [0.25, 0.3) is 0 Å². The van der Waals surface area contributed by atoms with E-state index in [0.717, 1.165) is 24.6 Å². The molecule has 0 aromatic carbocycles. The van der Waals surface area contributed by atoms with E-state index in [-0.39, 0.29) is 0 Å². The van der Waals surface area contributed by atoms with E-state index in [4.69, 9.17) is 5.84 Å². The molecule has 0 aliphatic carbocycles. The van der Waals surface area contributed by atoms with Gasteiger partial charge in [-0.25, -0.2) is 0 Å². The zero-order valence-corrected chi connectivity index (χ0v) is 12.6. The number of unbranched alkanes of at least 4 members (excludes halogenated alkanes) is 5. The Labute approximate surface area is 114 Å². The summed E-state index contributed by atoms with van der Waals surface area (Å²) in [5, 5.41) is 3.35. The molecule has 0 saturated carbocycles. The fraction of sp³-hybridized carbons (Fsp3) is 0.867. The monoisotopic (exact) mass is 255 g/mol. The molecule has 3 heteroatoms. The van der Waals surface area contributed by atoms with Crippen molar-refractivity contribution < 1.29 is 0 Å². The van der Waals surface area contributed by atoms with E-state index in [2.05, 4.69) is 31.5 Å². The van der Waals surface area contributed by atoms with Crippen molar-refractivity contribution in [3.05, 3.63) is 11.9 Å². The summed E-state index contributed by atoms with van der Waals surface area (Å²) < 4.78 is 0. The van der Waals surface area contributed by atoms with Gasteiger partial charge in [0.15, 0.2) is 0 Å². The highest BCUT2D eigenvalue weighted by molar-refractivity contribution is 4.96. The second-order valence-electron chi connectivity index (χ2n) is 5.47. The van der Waals surface area contributed by atoms with E-state index in [1.165, 1.54) is 44.9 Å². The maximum absolute atomic E-state index is 5.50. The Morgan fingerprint density at radius 3 is 2.39 bits per heavy atom. The van der Waals surface area contributed by atoms with Crippen LogP contribution >= 0.6 is 0 Å². The second-order valence-corrected chi connectivity index (χ2v) is 5.47. The van der Waals surface area contributed by atoms with E-state index >= 15 is 0 Å². The Morgan fingerprint density at radius 1 is 1.11 bits per heavy atom. The Hall–Kier alpha value is -0.700. The summed E-state index contributed by atoms with van der Waals surface area (Å²) in [6, 6.07) is 0. The highest BCUT2D eigenvalue weighted by atomic mass is 15.2. The van der Waals surface area contributed by atoms with Gasteiger partial charge in [-0.15, -0.1) is 0 Å². The summed E-state index contributed by atoms with van der Waals surface area (Å²) in [5.74, 6) is 6.22. The predicted octanol–water partition coefficient (Wildman–Crippen LogP) is 3.68. The molecule has 3 nitrogen and oxygen atoms in total. The highest BCUT2D eigenvalue weighted by Gasteiger charge is 1.98. The lowest BCUT2D eigenvalue weighted by atomic mass is 10.1. The van der Waals surface area contributed by atoms with Crippen LogP contribution in [0.2, 0.25) is 0 Å². The summed E-state index contributed by atoms with van der Waals surface area (Å²) in [7, 11) is 0. The first-order valence-corrected chi connectivity index (χ1v) is 7.59. The van der Waals surface area contributed by atoms with Crippen molar-refractivity contribution in [3.8, 4) is 0 Å². The molecule has 0 heterocycles. The molecule has 0 aliphatic heterocycles. The lowest BCUT2D eigenvalue weighted by Gasteiger charge is -2.09. The summed E-state index contributed by atoms with van der Waals surface area (Å²) in [6.45, 7) is 7.78. The third kappa shape index (κ3) is 11.8. The number of hydrazine groups is 1. The summed E-state index contributed by atoms with van der Waals surface area (Å²) >= 11 is 0. The normalized spacial score (nSPS) is 11.9. The van der Waals surface area contributed by atoms with Crippen molar-refractivity contribution in [2.24, 2.45) is 11.8 Å². The van der Waals surface area contributed by atoms with Crippen molar-refractivity contribution in [2.45, 2.75) is 72.1 Å². The van der Waals surface area contributed by atoms with Crippen LogP contribution < -0.4 is 16.6 Å².